The Morgan fingerprint density at radius 1 is 1.17 bits per heavy atom. The molecule has 0 bridgehead atoms. The molecule has 0 spiro atoms. The second-order valence-corrected chi connectivity index (χ2v) is 8.13. The lowest BCUT2D eigenvalue weighted by Gasteiger charge is -2.32. The smallest absolute Gasteiger partial charge is 0.338 e. The van der Waals surface area contributed by atoms with Crippen molar-refractivity contribution in [3.8, 4) is 0 Å². The number of carbonyl (C=O) groups excluding carboxylic acids is 2. The summed E-state index contributed by atoms with van der Waals surface area (Å²) >= 11 is 6.28. The van der Waals surface area contributed by atoms with Gasteiger partial charge in [0, 0.05) is 23.8 Å². The van der Waals surface area contributed by atoms with Gasteiger partial charge in [0.2, 0.25) is 5.91 Å². The molecule has 1 N–H and O–H groups in total. The van der Waals surface area contributed by atoms with Gasteiger partial charge in [-0.25, -0.2) is 4.79 Å². The van der Waals surface area contributed by atoms with Gasteiger partial charge in [-0.1, -0.05) is 43.1 Å². The maximum Gasteiger partial charge on any atom is 0.338 e. The van der Waals surface area contributed by atoms with Crippen molar-refractivity contribution in [2.75, 3.05) is 25.0 Å². The summed E-state index contributed by atoms with van der Waals surface area (Å²) in [5, 5.41) is 3.74. The van der Waals surface area contributed by atoms with Gasteiger partial charge < -0.3 is 10.1 Å². The summed E-state index contributed by atoms with van der Waals surface area (Å²) < 4.78 is 5.21. The Kier molecular flexibility index (Phi) is 8.29. The molecule has 1 atom stereocenters. The summed E-state index contributed by atoms with van der Waals surface area (Å²) in [7, 11) is 0. The Labute approximate surface area is 183 Å². The predicted molar refractivity (Wildman–Crippen MR) is 120 cm³/mol. The first-order valence-electron chi connectivity index (χ1n) is 10.6. The molecule has 1 heterocycles. The van der Waals surface area contributed by atoms with Gasteiger partial charge in [-0.3, -0.25) is 9.69 Å². The summed E-state index contributed by atoms with van der Waals surface area (Å²) in [6.07, 6.45) is 3.68. The topological polar surface area (TPSA) is 58.6 Å². The van der Waals surface area contributed by atoms with Crippen molar-refractivity contribution in [1.29, 1.82) is 0 Å². The summed E-state index contributed by atoms with van der Waals surface area (Å²) in [6, 6.07) is 14.7. The highest BCUT2D eigenvalue weighted by Crippen LogP contribution is 2.23. The van der Waals surface area contributed by atoms with Gasteiger partial charge in [0.15, 0.2) is 0 Å². The van der Waals surface area contributed by atoms with Crippen LogP contribution in [0, 0.1) is 5.92 Å². The maximum absolute atomic E-state index is 12.8. The molecular weight excluding hydrogens is 400 g/mol. The number of rotatable bonds is 8. The van der Waals surface area contributed by atoms with E-state index in [2.05, 4.69) is 10.2 Å². The zero-order valence-corrected chi connectivity index (χ0v) is 18.2. The molecule has 6 heteroatoms. The quantitative estimate of drug-likeness (QED) is 0.466. The molecule has 1 unspecified atom stereocenters. The number of ether oxygens (including phenoxy) is 1. The second kappa shape index (κ2) is 11.1. The minimum Gasteiger partial charge on any atom is -0.462 e. The van der Waals surface area contributed by atoms with Crippen LogP contribution in [-0.4, -0.2) is 36.5 Å². The van der Waals surface area contributed by atoms with Crippen molar-refractivity contribution in [1.82, 2.24) is 4.90 Å². The molecule has 1 aliphatic rings. The number of likely N-dealkylation sites (tertiary alicyclic amines) is 1. The molecule has 1 saturated heterocycles. The average Bonchev–Trinajstić information content (AvgIpc) is 2.76. The van der Waals surface area contributed by atoms with E-state index >= 15 is 0 Å². The van der Waals surface area contributed by atoms with E-state index in [0.29, 0.717) is 24.4 Å². The van der Waals surface area contributed by atoms with Crippen molar-refractivity contribution in [2.45, 2.75) is 39.2 Å². The average molecular weight is 429 g/mol. The number of esters is 1. The minimum atomic E-state index is -0.330. The summed E-state index contributed by atoms with van der Waals surface area (Å²) in [5.41, 5.74) is 2.27. The van der Waals surface area contributed by atoms with E-state index in [1.54, 1.807) is 24.3 Å². The van der Waals surface area contributed by atoms with Crippen LogP contribution in [0.25, 0.3) is 0 Å². The predicted octanol–water partition coefficient (Wildman–Crippen LogP) is 5.15. The molecule has 2 aromatic rings. The van der Waals surface area contributed by atoms with E-state index in [0.717, 1.165) is 49.4 Å². The number of hydrogen-bond acceptors (Lipinski definition) is 4. The van der Waals surface area contributed by atoms with Crippen LogP contribution < -0.4 is 5.32 Å². The fourth-order valence-electron chi connectivity index (χ4n) is 3.61. The number of unbranched alkanes of at least 4 members (excludes halogenated alkanes) is 1. The third-order valence-corrected chi connectivity index (χ3v) is 5.72. The normalized spacial score (nSPS) is 16.8. The van der Waals surface area contributed by atoms with Gasteiger partial charge in [-0.2, -0.15) is 0 Å². The molecule has 0 saturated carbocycles. The molecule has 1 amide bonds. The molecule has 0 aromatic heterocycles. The van der Waals surface area contributed by atoms with Crippen LogP contribution in [-0.2, 0) is 16.1 Å². The third kappa shape index (κ3) is 6.31. The van der Waals surface area contributed by atoms with Crippen LogP contribution in [0.1, 0.15) is 48.5 Å². The Bertz CT molecular complexity index is 854. The molecule has 3 rings (SSSR count). The Morgan fingerprint density at radius 3 is 2.67 bits per heavy atom. The molecule has 1 fully saturated rings. The summed E-state index contributed by atoms with van der Waals surface area (Å²) in [6.45, 7) is 4.90. The second-order valence-electron chi connectivity index (χ2n) is 7.72. The van der Waals surface area contributed by atoms with Gasteiger partial charge >= 0.3 is 5.97 Å². The van der Waals surface area contributed by atoms with Gasteiger partial charge in [0.05, 0.1) is 18.1 Å². The summed E-state index contributed by atoms with van der Waals surface area (Å²) in [5.74, 6) is -0.388. The van der Waals surface area contributed by atoms with Crippen LogP contribution in [0.3, 0.4) is 0 Å². The van der Waals surface area contributed by atoms with Gasteiger partial charge in [-0.15, -0.1) is 0 Å². The molecule has 5 nitrogen and oxygen atoms in total. The number of piperidine rings is 1. The van der Waals surface area contributed by atoms with Crippen molar-refractivity contribution in [3.05, 3.63) is 64.7 Å². The number of halogens is 1. The van der Waals surface area contributed by atoms with E-state index in [9.17, 15) is 9.59 Å². The lowest BCUT2D eigenvalue weighted by atomic mass is 9.96. The lowest BCUT2D eigenvalue weighted by Crippen LogP contribution is -2.40. The highest BCUT2D eigenvalue weighted by Gasteiger charge is 2.26. The molecule has 1 aliphatic heterocycles. The molecule has 30 heavy (non-hydrogen) atoms. The fourth-order valence-corrected chi connectivity index (χ4v) is 3.80. The number of amides is 1. The van der Waals surface area contributed by atoms with Crippen LogP contribution in [0.15, 0.2) is 48.5 Å². The maximum atomic E-state index is 12.8. The zero-order valence-electron chi connectivity index (χ0n) is 17.4. The van der Waals surface area contributed by atoms with E-state index < -0.39 is 0 Å². The van der Waals surface area contributed by atoms with Gasteiger partial charge in [0.1, 0.15) is 0 Å². The Balaban J connectivity index is 1.52. The SMILES string of the molecule is CCCCOC(=O)c1ccc(NC(=O)C2CCCN(Cc3ccccc3Cl)C2)cc1. The number of nitrogens with zero attached hydrogens (tertiary/aromatic N) is 1. The van der Waals surface area contributed by atoms with E-state index in [4.69, 9.17) is 16.3 Å². The highest BCUT2D eigenvalue weighted by molar-refractivity contribution is 6.31. The fraction of sp³-hybridized carbons (Fsp3) is 0.417. The number of nitrogens with one attached hydrogen (secondary N) is 1. The zero-order chi connectivity index (χ0) is 21.3. The lowest BCUT2D eigenvalue weighted by molar-refractivity contribution is -0.121. The van der Waals surface area contributed by atoms with Crippen molar-refractivity contribution in [2.24, 2.45) is 5.92 Å². The number of benzene rings is 2. The molecule has 2 aromatic carbocycles. The van der Waals surface area contributed by atoms with E-state index in [1.807, 2.05) is 31.2 Å². The monoisotopic (exact) mass is 428 g/mol. The van der Waals surface area contributed by atoms with Crippen LogP contribution in [0.2, 0.25) is 5.02 Å². The Hall–Kier alpha value is -2.37. The summed E-state index contributed by atoms with van der Waals surface area (Å²) in [4.78, 5) is 27.0. The van der Waals surface area contributed by atoms with E-state index in [-0.39, 0.29) is 17.8 Å². The first-order chi connectivity index (χ1) is 14.6. The third-order valence-electron chi connectivity index (χ3n) is 5.35. The highest BCUT2D eigenvalue weighted by atomic mass is 35.5. The van der Waals surface area contributed by atoms with Crippen molar-refractivity contribution in [3.63, 3.8) is 0 Å². The molecule has 160 valence electrons. The van der Waals surface area contributed by atoms with Gasteiger partial charge in [0.25, 0.3) is 0 Å². The van der Waals surface area contributed by atoms with E-state index in [1.165, 1.54) is 0 Å². The standard InChI is InChI=1S/C24H29ClN2O3/c1-2-3-15-30-24(29)18-10-12-21(13-11-18)26-23(28)20-8-6-14-27(17-20)16-19-7-4-5-9-22(19)25/h4-5,7,9-13,20H,2-3,6,8,14-17H2,1H3,(H,26,28). The molecular formula is C24H29ClN2O3. The first kappa shape index (κ1) is 22.3. The molecule has 0 radical (unpaired) electrons. The number of carbonyl (C=O) groups is 2. The van der Waals surface area contributed by atoms with Gasteiger partial charge in [-0.05, 0) is 61.7 Å². The minimum absolute atomic E-state index is 0.0112. The number of hydrogen-bond donors (Lipinski definition) is 1. The number of anilines is 1. The van der Waals surface area contributed by atoms with Crippen molar-refractivity contribution >= 4 is 29.2 Å². The van der Waals surface area contributed by atoms with Crippen LogP contribution in [0.4, 0.5) is 5.69 Å². The largest absolute Gasteiger partial charge is 0.462 e. The Morgan fingerprint density at radius 2 is 1.93 bits per heavy atom. The molecule has 0 aliphatic carbocycles. The van der Waals surface area contributed by atoms with Crippen molar-refractivity contribution < 1.29 is 14.3 Å². The first-order valence-corrected chi connectivity index (χ1v) is 11.0. The van der Waals surface area contributed by atoms with Crippen LogP contribution in [0.5, 0.6) is 0 Å². The van der Waals surface area contributed by atoms with Crippen LogP contribution >= 0.6 is 11.6 Å².